The minimum Gasteiger partial charge on any atom is -0.497 e. The number of thiophene rings is 1. The predicted octanol–water partition coefficient (Wildman–Crippen LogP) is 3.91. The molecule has 0 aliphatic carbocycles. The van der Waals surface area contributed by atoms with Gasteiger partial charge in [-0.05, 0) is 47.4 Å². The van der Waals surface area contributed by atoms with Crippen molar-refractivity contribution in [2.75, 3.05) is 13.7 Å². The average molecular weight is 431 g/mol. The molecule has 0 fully saturated rings. The fourth-order valence-electron chi connectivity index (χ4n) is 3.91. The van der Waals surface area contributed by atoms with Gasteiger partial charge in [0.05, 0.1) is 18.7 Å². The van der Waals surface area contributed by atoms with Crippen molar-refractivity contribution >= 4 is 27.8 Å². The molecule has 5 rings (SSSR count). The summed E-state index contributed by atoms with van der Waals surface area (Å²) in [5.41, 5.74) is 3.22. The van der Waals surface area contributed by atoms with Crippen LogP contribution in [0.4, 0.5) is 0 Å². The molecule has 0 bridgehead atoms. The van der Waals surface area contributed by atoms with Crippen LogP contribution < -0.4 is 10.3 Å². The van der Waals surface area contributed by atoms with Gasteiger partial charge in [0.15, 0.2) is 0 Å². The Morgan fingerprint density at radius 2 is 1.97 bits per heavy atom. The third kappa shape index (κ3) is 4.02. The summed E-state index contributed by atoms with van der Waals surface area (Å²) in [6, 6.07) is 18.0. The Labute approximate surface area is 184 Å². The highest BCUT2D eigenvalue weighted by Crippen LogP contribution is 2.32. The molecule has 0 radical (unpaired) electrons. The van der Waals surface area contributed by atoms with E-state index >= 15 is 0 Å². The molecule has 6 nitrogen and oxygen atoms in total. The standard InChI is InChI=1S/C24H22N4O2S/c1-30-19-9-7-17(8-10-19)13-26-28-16-25-23-22(24(28)29)20-11-12-27(15-21(20)31-23)14-18-5-3-2-4-6-18/h2-10,13,16H,11-12,14-15H2,1H3/b26-13+. The molecule has 1 aliphatic heterocycles. The average Bonchev–Trinajstić information content (AvgIpc) is 3.18. The van der Waals surface area contributed by atoms with E-state index in [0.29, 0.717) is 5.39 Å². The molecule has 156 valence electrons. The van der Waals surface area contributed by atoms with Gasteiger partial charge in [-0.3, -0.25) is 9.69 Å². The van der Waals surface area contributed by atoms with Gasteiger partial charge < -0.3 is 4.74 Å². The molecule has 7 heteroatoms. The number of nitrogens with zero attached hydrogens (tertiary/aromatic N) is 4. The largest absolute Gasteiger partial charge is 0.497 e. The maximum absolute atomic E-state index is 13.1. The Kier molecular flexibility index (Phi) is 5.36. The predicted molar refractivity (Wildman–Crippen MR) is 124 cm³/mol. The van der Waals surface area contributed by atoms with Crippen LogP contribution in [0.3, 0.4) is 0 Å². The number of ether oxygens (including phenoxy) is 1. The zero-order valence-corrected chi connectivity index (χ0v) is 18.0. The number of aromatic nitrogens is 2. The molecule has 4 aromatic rings. The summed E-state index contributed by atoms with van der Waals surface area (Å²) in [4.78, 5) is 22.1. The van der Waals surface area contributed by atoms with E-state index in [9.17, 15) is 4.79 Å². The number of rotatable bonds is 5. The second-order valence-corrected chi connectivity index (χ2v) is 8.63. The number of benzene rings is 2. The summed E-state index contributed by atoms with van der Waals surface area (Å²) >= 11 is 1.62. The zero-order chi connectivity index (χ0) is 21.2. The van der Waals surface area contributed by atoms with E-state index in [1.807, 2.05) is 30.3 Å². The summed E-state index contributed by atoms with van der Waals surface area (Å²) in [7, 11) is 1.63. The van der Waals surface area contributed by atoms with Crippen LogP contribution in [0, 0.1) is 0 Å². The normalized spacial score (nSPS) is 14.2. The topological polar surface area (TPSA) is 59.7 Å². The van der Waals surface area contributed by atoms with Crippen LogP contribution in [0.25, 0.3) is 10.2 Å². The van der Waals surface area contributed by atoms with Crippen LogP contribution in [0.15, 0.2) is 70.8 Å². The summed E-state index contributed by atoms with van der Waals surface area (Å²) in [5.74, 6) is 0.781. The van der Waals surface area contributed by atoms with Crippen LogP contribution >= 0.6 is 11.3 Å². The van der Waals surface area contributed by atoms with Gasteiger partial charge in [0.25, 0.3) is 5.56 Å². The first-order chi connectivity index (χ1) is 15.2. The van der Waals surface area contributed by atoms with Crippen LogP contribution in [0.1, 0.15) is 21.6 Å². The van der Waals surface area contributed by atoms with E-state index < -0.39 is 0 Å². The summed E-state index contributed by atoms with van der Waals surface area (Å²) in [5, 5.41) is 5.07. The molecule has 0 unspecified atom stereocenters. The summed E-state index contributed by atoms with van der Waals surface area (Å²) in [6.07, 6.45) is 4.02. The van der Waals surface area contributed by atoms with Crippen molar-refractivity contribution in [2.45, 2.75) is 19.5 Å². The fraction of sp³-hybridized carbons (Fsp3) is 0.208. The van der Waals surface area contributed by atoms with Gasteiger partial charge in [0.2, 0.25) is 0 Å². The van der Waals surface area contributed by atoms with Crippen molar-refractivity contribution in [2.24, 2.45) is 5.10 Å². The van der Waals surface area contributed by atoms with E-state index in [-0.39, 0.29) is 5.56 Å². The number of hydrogen-bond donors (Lipinski definition) is 0. The highest BCUT2D eigenvalue weighted by molar-refractivity contribution is 7.18. The molecule has 2 aromatic carbocycles. The molecule has 0 N–H and O–H groups in total. The maximum atomic E-state index is 13.1. The zero-order valence-electron chi connectivity index (χ0n) is 17.2. The van der Waals surface area contributed by atoms with Crippen LogP contribution in [0.5, 0.6) is 5.75 Å². The second kappa shape index (κ2) is 8.45. The maximum Gasteiger partial charge on any atom is 0.282 e. The van der Waals surface area contributed by atoms with E-state index in [2.05, 4.69) is 39.3 Å². The number of hydrogen-bond acceptors (Lipinski definition) is 6. The van der Waals surface area contributed by atoms with Gasteiger partial charge in [-0.15, -0.1) is 11.3 Å². The summed E-state index contributed by atoms with van der Waals surface area (Å²) in [6.45, 7) is 2.69. The molecule has 3 heterocycles. The molecular weight excluding hydrogens is 408 g/mol. The van der Waals surface area contributed by atoms with E-state index in [1.54, 1.807) is 24.7 Å². The molecule has 0 spiro atoms. The molecular formula is C24H22N4O2S. The third-order valence-corrected chi connectivity index (χ3v) is 6.64. The van der Waals surface area contributed by atoms with Gasteiger partial charge in [0.1, 0.15) is 16.9 Å². The minimum absolute atomic E-state index is 0.108. The third-order valence-electron chi connectivity index (χ3n) is 5.52. The van der Waals surface area contributed by atoms with Crippen LogP contribution in [-0.4, -0.2) is 34.4 Å². The van der Waals surface area contributed by atoms with Crippen molar-refractivity contribution in [3.8, 4) is 5.75 Å². The number of fused-ring (bicyclic) bond motifs is 3. The minimum atomic E-state index is -0.108. The van der Waals surface area contributed by atoms with E-state index in [1.165, 1.54) is 21.4 Å². The quantitative estimate of drug-likeness (QED) is 0.451. The van der Waals surface area contributed by atoms with Gasteiger partial charge >= 0.3 is 0 Å². The van der Waals surface area contributed by atoms with E-state index in [0.717, 1.165) is 47.8 Å². The van der Waals surface area contributed by atoms with E-state index in [4.69, 9.17) is 4.74 Å². The Morgan fingerprint density at radius 1 is 1.16 bits per heavy atom. The van der Waals surface area contributed by atoms with Crippen molar-refractivity contribution in [3.05, 3.63) is 92.8 Å². The van der Waals surface area contributed by atoms with Crippen molar-refractivity contribution in [1.29, 1.82) is 0 Å². The molecule has 0 atom stereocenters. The molecule has 0 amide bonds. The van der Waals surface area contributed by atoms with Crippen molar-refractivity contribution in [3.63, 3.8) is 0 Å². The number of methoxy groups -OCH3 is 1. The lowest BCUT2D eigenvalue weighted by Crippen LogP contribution is -2.29. The Balaban J connectivity index is 1.41. The Bertz CT molecular complexity index is 1290. The lowest BCUT2D eigenvalue weighted by atomic mass is 10.0. The van der Waals surface area contributed by atoms with Crippen LogP contribution in [-0.2, 0) is 19.5 Å². The van der Waals surface area contributed by atoms with Crippen molar-refractivity contribution in [1.82, 2.24) is 14.6 Å². The van der Waals surface area contributed by atoms with Gasteiger partial charge in [-0.2, -0.15) is 9.78 Å². The lowest BCUT2D eigenvalue weighted by molar-refractivity contribution is 0.249. The smallest absolute Gasteiger partial charge is 0.282 e. The molecule has 1 aliphatic rings. The molecule has 0 saturated heterocycles. The molecule has 31 heavy (non-hydrogen) atoms. The van der Waals surface area contributed by atoms with Gasteiger partial charge in [-0.25, -0.2) is 4.98 Å². The Hall–Kier alpha value is -3.29. The Morgan fingerprint density at radius 3 is 2.74 bits per heavy atom. The monoisotopic (exact) mass is 430 g/mol. The van der Waals surface area contributed by atoms with Gasteiger partial charge in [-0.1, -0.05) is 30.3 Å². The summed E-state index contributed by atoms with van der Waals surface area (Å²) < 4.78 is 6.50. The molecule has 0 saturated carbocycles. The SMILES string of the molecule is COc1ccc(/C=N/n2cnc3sc4c(c3c2=O)CCN(Cc2ccccc2)C4)cc1. The lowest BCUT2D eigenvalue weighted by Gasteiger charge is -2.26. The van der Waals surface area contributed by atoms with Crippen LogP contribution in [0.2, 0.25) is 0 Å². The highest BCUT2D eigenvalue weighted by atomic mass is 32.1. The second-order valence-electron chi connectivity index (χ2n) is 7.54. The first-order valence-electron chi connectivity index (χ1n) is 10.2. The van der Waals surface area contributed by atoms with Gasteiger partial charge in [0, 0.05) is 24.5 Å². The molecule has 2 aromatic heterocycles. The van der Waals surface area contributed by atoms with Crippen molar-refractivity contribution < 1.29 is 4.74 Å². The highest BCUT2D eigenvalue weighted by Gasteiger charge is 2.23. The fourth-order valence-corrected chi connectivity index (χ4v) is 5.13. The first-order valence-corrected chi connectivity index (χ1v) is 11.0. The first kappa shape index (κ1) is 19.7.